The maximum absolute atomic E-state index is 12.6. The highest BCUT2D eigenvalue weighted by atomic mass is 16.1. The van der Waals surface area contributed by atoms with Crippen LogP contribution in [-0.2, 0) is 19.5 Å². The van der Waals surface area contributed by atoms with Crippen LogP contribution >= 0.6 is 0 Å². The van der Waals surface area contributed by atoms with Crippen LogP contribution in [0.2, 0.25) is 0 Å². The topological polar surface area (TPSA) is 74.2 Å². The zero-order chi connectivity index (χ0) is 17.2. The molecule has 0 spiro atoms. The highest BCUT2D eigenvalue weighted by Crippen LogP contribution is 2.18. The third-order valence-corrected chi connectivity index (χ3v) is 5.06. The Balaban J connectivity index is 1.56. The number of H-pyrrole nitrogens is 1. The van der Waals surface area contributed by atoms with Gasteiger partial charge in [-0.2, -0.15) is 0 Å². The number of aromatic amines is 1. The summed E-state index contributed by atoms with van der Waals surface area (Å²) >= 11 is 0. The second-order valence-corrected chi connectivity index (χ2v) is 6.83. The first kappa shape index (κ1) is 16.1. The molecule has 1 N–H and O–H groups in total. The van der Waals surface area contributed by atoms with Crippen molar-refractivity contribution in [3.05, 3.63) is 57.0 Å². The highest BCUT2D eigenvalue weighted by molar-refractivity contribution is 5.97. The smallest absolute Gasteiger partial charge is 0.255 e. The van der Waals surface area contributed by atoms with E-state index in [0.717, 1.165) is 68.0 Å². The third kappa shape index (κ3) is 3.39. The van der Waals surface area contributed by atoms with Crippen molar-refractivity contribution >= 4 is 5.71 Å². The molecule has 0 aromatic carbocycles. The number of fused-ring (bicyclic) bond motifs is 1. The van der Waals surface area contributed by atoms with Gasteiger partial charge in [0.05, 0.1) is 17.0 Å². The molecule has 4 rings (SSSR count). The first-order valence-electron chi connectivity index (χ1n) is 8.99. The van der Waals surface area contributed by atoms with Gasteiger partial charge in [0.25, 0.3) is 5.56 Å². The summed E-state index contributed by atoms with van der Waals surface area (Å²) in [6.45, 7) is 5.22. The highest BCUT2D eigenvalue weighted by Gasteiger charge is 2.23. The van der Waals surface area contributed by atoms with Crippen molar-refractivity contribution < 1.29 is 0 Å². The van der Waals surface area contributed by atoms with Crippen molar-refractivity contribution in [3.8, 4) is 0 Å². The average molecular weight is 337 g/mol. The maximum atomic E-state index is 12.6. The van der Waals surface area contributed by atoms with E-state index in [1.54, 1.807) is 0 Å². The normalized spacial score (nSPS) is 17.9. The molecule has 0 aliphatic carbocycles. The molecule has 0 atom stereocenters. The number of rotatable bonds is 3. The van der Waals surface area contributed by atoms with Gasteiger partial charge in [-0.15, -0.1) is 0 Å². The molecule has 130 valence electrons. The van der Waals surface area contributed by atoms with E-state index in [9.17, 15) is 4.79 Å². The molecule has 2 aromatic rings. The van der Waals surface area contributed by atoms with Crippen LogP contribution in [0.1, 0.15) is 47.6 Å². The van der Waals surface area contributed by atoms with Crippen molar-refractivity contribution in [2.24, 2.45) is 4.99 Å². The van der Waals surface area contributed by atoms with Gasteiger partial charge in [0.1, 0.15) is 0 Å². The van der Waals surface area contributed by atoms with E-state index >= 15 is 0 Å². The van der Waals surface area contributed by atoms with Crippen LogP contribution in [0.4, 0.5) is 0 Å². The van der Waals surface area contributed by atoms with Gasteiger partial charge >= 0.3 is 0 Å². The van der Waals surface area contributed by atoms with Crippen LogP contribution in [0.25, 0.3) is 0 Å². The van der Waals surface area contributed by atoms with E-state index in [1.165, 1.54) is 5.56 Å². The predicted molar refractivity (Wildman–Crippen MR) is 96.9 cm³/mol. The summed E-state index contributed by atoms with van der Waals surface area (Å²) in [6, 6.07) is 4.07. The summed E-state index contributed by atoms with van der Waals surface area (Å²) in [7, 11) is 0. The lowest BCUT2D eigenvalue weighted by molar-refractivity contribution is 0.241. The molecule has 0 saturated carbocycles. The van der Waals surface area contributed by atoms with Crippen LogP contribution in [-0.4, -0.2) is 38.7 Å². The Kier molecular flexibility index (Phi) is 4.44. The van der Waals surface area contributed by atoms with Crippen LogP contribution in [0.5, 0.6) is 0 Å². The molecule has 25 heavy (non-hydrogen) atoms. The molecule has 0 saturated heterocycles. The van der Waals surface area contributed by atoms with Gasteiger partial charge in [0.15, 0.2) is 5.82 Å². The fourth-order valence-corrected chi connectivity index (χ4v) is 3.57. The lowest BCUT2D eigenvalue weighted by Crippen LogP contribution is -2.36. The number of hydrogen-bond acceptors (Lipinski definition) is 5. The SMILES string of the molecule is Cc1ncccc1CN1CCc2nc(C3=NCCCC3)[nH]c(=O)c2C1. The number of hydrogen-bond donors (Lipinski definition) is 1. The zero-order valence-corrected chi connectivity index (χ0v) is 14.6. The predicted octanol–water partition coefficient (Wildman–Crippen LogP) is 2.00. The van der Waals surface area contributed by atoms with Crippen LogP contribution in [0.15, 0.2) is 28.1 Å². The molecule has 0 amide bonds. The van der Waals surface area contributed by atoms with Crippen molar-refractivity contribution in [1.29, 1.82) is 0 Å². The van der Waals surface area contributed by atoms with E-state index in [0.29, 0.717) is 12.4 Å². The minimum Gasteiger partial charge on any atom is -0.305 e. The minimum atomic E-state index is -0.0131. The van der Waals surface area contributed by atoms with Crippen molar-refractivity contribution in [2.45, 2.75) is 45.7 Å². The summed E-state index contributed by atoms with van der Waals surface area (Å²) < 4.78 is 0. The average Bonchev–Trinajstić information content (AvgIpc) is 2.65. The largest absolute Gasteiger partial charge is 0.305 e. The van der Waals surface area contributed by atoms with Crippen LogP contribution in [0.3, 0.4) is 0 Å². The zero-order valence-electron chi connectivity index (χ0n) is 14.6. The summed E-state index contributed by atoms with van der Waals surface area (Å²) in [5, 5.41) is 0. The van der Waals surface area contributed by atoms with Crippen molar-refractivity contribution in [2.75, 3.05) is 13.1 Å². The van der Waals surface area contributed by atoms with Gasteiger partial charge in [-0.3, -0.25) is 19.7 Å². The molecular weight excluding hydrogens is 314 g/mol. The Bertz CT molecular complexity index is 870. The lowest BCUT2D eigenvalue weighted by atomic mass is 10.0. The molecule has 2 aliphatic heterocycles. The van der Waals surface area contributed by atoms with E-state index in [-0.39, 0.29) is 5.56 Å². The Morgan fingerprint density at radius 2 is 2.20 bits per heavy atom. The van der Waals surface area contributed by atoms with E-state index in [4.69, 9.17) is 4.98 Å². The number of pyridine rings is 1. The summed E-state index contributed by atoms with van der Waals surface area (Å²) in [5.74, 6) is 0.681. The number of nitrogens with one attached hydrogen (secondary N) is 1. The fourth-order valence-electron chi connectivity index (χ4n) is 3.57. The van der Waals surface area contributed by atoms with Crippen molar-refractivity contribution in [3.63, 3.8) is 0 Å². The molecule has 4 heterocycles. The fraction of sp³-hybridized carbons (Fsp3) is 0.474. The lowest BCUT2D eigenvalue weighted by Gasteiger charge is -2.28. The van der Waals surface area contributed by atoms with Gasteiger partial charge in [0.2, 0.25) is 0 Å². The minimum absolute atomic E-state index is 0.0131. The Morgan fingerprint density at radius 1 is 1.28 bits per heavy atom. The van der Waals surface area contributed by atoms with Gasteiger partial charge < -0.3 is 4.98 Å². The first-order valence-corrected chi connectivity index (χ1v) is 8.99. The summed E-state index contributed by atoms with van der Waals surface area (Å²) in [4.78, 5) is 31.5. The monoisotopic (exact) mass is 337 g/mol. The molecule has 2 aliphatic rings. The molecule has 0 radical (unpaired) electrons. The third-order valence-electron chi connectivity index (χ3n) is 5.06. The van der Waals surface area contributed by atoms with Crippen LogP contribution < -0.4 is 5.56 Å². The second-order valence-electron chi connectivity index (χ2n) is 6.83. The number of aryl methyl sites for hydroxylation is 1. The molecule has 6 heteroatoms. The Morgan fingerprint density at radius 3 is 3.00 bits per heavy atom. The Labute approximate surface area is 147 Å². The van der Waals surface area contributed by atoms with Gasteiger partial charge in [-0.05, 0) is 37.8 Å². The van der Waals surface area contributed by atoms with E-state index in [1.807, 2.05) is 19.2 Å². The summed E-state index contributed by atoms with van der Waals surface area (Å²) in [6.07, 6.45) is 5.78. The maximum Gasteiger partial charge on any atom is 0.255 e. The van der Waals surface area contributed by atoms with Crippen molar-refractivity contribution in [1.82, 2.24) is 19.9 Å². The molecule has 0 unspecified atom stereocenters. The van der Waals surface area contributed by atoms with Gasteiger partial charge in [-0.25, -0.2) is 4.98 Å². The molecule has 0 fully saturated rings. The van der Waals surface area contributed by atoms with Gasteiger partial charge in [-0.1, -0.05) is 6.07 Å². The molecular formula is C19H23N5O. The number of aliphatic imine (C=N–C) groups is 1. The molecule has 2 aromatic heterocycles. The number of aromatic nitrogens is 3. The van der Waals surface area contributed by atoms with Gasteiger partial charge in [0, 0.05) is 44.5 Å². The quantitative estimate of drug-likeness (QED) is 0.930. The van der Waals surface area contributed by atoms with E-state index < -0.39 is 0 Å². The standard InChI is InChI=1S/C19H23N5O/c1-13-14(5-4-9-20-13)11-24-10-7-16-15(12-24)19(25)23-18(22-16)17-6-2-3-8-21-17/h4-5,9H,2-3,6-8,10-12H2,1H3,(H,22,23,25). The van der Waals surface area contributed by atoms with E-state index in [2.05, 4.69) is 25.9 Å². The second kappa shape index (κ2) is 6.88. The summed E-state index contributed by atoms with van der Waals surface area (Å²) in [5.41, 5.74) is 4.94. The number of nitrogens with zero attached hydrogens (tertiary/aromatic N) is 4. The molecule has 6 nitrogen and oxygen atoms in total. The Hall–Kier alpha value is -2.34. The first-order chi connectivity index (χ1) is 12.2. The molecule has 0 bridgehead atoms. The van der Waals surface area contributed by atoms with Crippen LogP contribution in [0, 0.1) is 6.92 Å².